The Bertz CT molecular complexity index is 783. The molecular formula is C13H9FN4O2. The number of hydrogen-bond acceptors (Lipinski definition) is 5. The van der Waals surface area contributed by atoms with Crippen molar-refractivity contribution in [2.24, 2.45) is 0 Å². The number of carbonyl (C=O) groups excluding carboxylic acids is 1. The molecule has 0 radical (unpaired) electrons. The highest BCUT2D eigenvalue weighted by molar-refractivity contribution is 5.85. The Labute approximate surface area is 112 Å². The number of carbonyl (C=O) groups is 1. The topological polar surface area (TPSA) is 69.4 Å². The van der Waals surface area contributed by atoms with Crippen molar-refractivity contribution in [3.8, 4) is 11.3 Å². The molecule has 2 aromatic heterocycles. The van der Waals surface area contributed by atoms with E-state index in [1.807, 2.05) is 0 Å². The second kappa shape index (κ2) is 4.69. The number of esters is 1. The van der Waals surface area contributed by atoms with Gasteiger partial charge in [-0.1, -0.05) is 0 Å². The molecule has 0 fully saturated rings. The molecule has 3 aromatic rings. The summed E-state index contributed by atoms with van der Waals surface area (Å²) in [7, 11) is 1.25. The molecule has 0 bridgehead atoms. The minimum absolute atomic E-state index is 0.0745. The number of benzene rings is 1. The normalized spacial score (nSPS) is 10.7. The van der Waals surface area contributed by atoms with Crippen LogP contribution in [0.25, 0.3) is 17.0 Å². The molecular weight excluding hydrogens is 263 g/mol. The average Bonchev–Trinajstić information content (AvgIpc) is 2.91. The molecule has 0 N–H and O–H groups in total. The highest BCUT2D eigenvalue weighted by Gasteiger charge is 2.15. The van der Waals surface area contributed by atoms with Crippen molar-refractivity contribution in [3.05, 3.63) is 48.2 Å². The zero-order chi connectivity index (χ0) is 14.1. The second-order valence-corrected chi connectivity index (χ2v) is 3.98. The lowest BCUT2D eigenvalue weighted by Gasteiger charge is -2.02. The van der Waals surface area contributed by atoms with Crippen molar-refractivity contribution in [1.29, 1.82) is 0 Å². The third-order valence-corrected chi connectivity index (χ3v) is 2.75. The molecule has 0 aliphatic rings. The van der Waals surface area contributed by atoms with Crippen LogP contribution in [0, 0.1) is 5.82 Å². The van der Waals surface area contributed by atoms with Crippen molar-refractivity contribution < 1.29 is 13.9 Å². The molecule has 0 spiro atoms. The van der Waals surface area contributed by atoms with Crippen LogP contribution in [-0.4, -0.2) is 32.7 Å². The molecule has 0 saturated carbocycles. The van der Waals surface area contributed by atoms with Crippen LogP contribution in [0.2, 0.25) is 0 Å². The molecule has 6 nitrogen and oxygen atoms in total. The fourth-order valence-corrected chi connectivity index (χ4v) is 1.81. The minimum atomic E-state index is -0.638. The van der Waals surface area contributed by atoms with E-state index in [0.717, 1.165) is 5.56 Å². The maximum absolute atomic E-state index is 13.0. The number of hydrogen-bond donors (Lipinski definition) is 0. The van der Waals surface area contributed by atoms with Crippen LogP contribution in [0.1, 0.15) is 10.6 Å². The van der Waals surface area contributed by atoms with Crippen LogP contribution >= 0.6 is 0 Å². The Morgan fingerprint density at radius 2 is 2.00 bits per heavy atom. The number of aromatic nitrogens is 4. The number of methoxy groups -OCH3 is 1. The Kier molecular flexibility index (Phi) is 2.86. The first kappa shape index (κ1) is 12.2. The van der Waals surface area contributed by atoms with E-state index in [9.17, 15) is 9.18 Å². The van der Waals surface area contributed by atoms with Crippen molar-refractivity contribution in [2.75, 3.05) is 7.11 Å². The Morgan fingerprint density at radius 3 is 2.70 bits per heavy atom. The zero-order valence-electron chi connectivity index (χ0n) is 10.4. The maximum Gasteiger partial charge on any atom is 0.378 e. The van der Waals surface area contributed by atoms with E-state index in [4.69, 9.17) is 0 Å². The highest BCUT2D eigenvalue weighted by atomic mass is 19.1. The summed E-state index contributed by atoms with van der Waals surface area (Å²) in [4.78, 5) is 19.4. The molecule has 0 atom stereocenters. The molecule has 0 aliphatic heterocycles. The summed E-state index contributed by atoms with van der Waals surface area (Å²) >= 11 is 0. The van der Waals surface area contributed by atoms with Gasteiger partial charge in [-0.2, -0.15) is 9.50 Å². The van der Waals surface area contributed by atoms with Crippen LogP contribution < -0.4 is 0 Å². The minimum Gasteiger partial charge on any atom is -0.463 e. The number of rotatable bonds is 2. The number of nitrogens with zero attached hydrogens (tertiary/aromatic N) is 4. The van der Waals surface area contributed by atoms with E-state index in [2.05, 4.69) is 19.8 Å². The smallest absolute Gasteiger partial charge is 0.378 e. The fourth-order valence-electron chi connectivity index (χ4n) is 1.81. The Morgan fingerprint density at radius 1 is 1.25 bits per heavy atom. The SMILES string of the molecule is COC(=O)c1nc2nccc(-c3ccc(F)cc3)n2n1. The largest absolute Gasteiger partial charge is 0.463 e. The van der Waals surface area contributed by atoms with Crippen molar-refractivity contribution in [2.45, 2.75) is 0 Å². The van der Waals surface area contributed by atoms with Crippen molar-refractivity contribution in [1.82, 2.24) is 19.6 Å². The van der Waals surface area contributed by atoms with Gasteiger partial charge in [-0.3, -0.25) is 0 Å². The molecule has 100 valence electrons. The standard InChI is InChI=1S/C13H9FN4O2/c1-20-12(19)11-16-13-15-7-6-10(18(13)17-11)8-2-4-9(14)5-3-8/h2-7H,1H3. The van der Waals surface area contributed by atoms with E-state index in [-0.39, 0.29) is 17.4 Å². The van der Waals surface area contributed by atoms with Crippen molar-refractivity contribution in [3.63, 3.8) is 0 Å². The molecule has 1 aromatic carbocycles. The highest BCUT2D eigenvalue weighted by Crippen LogP contribution is 2.19. The fraction of sp³-hybridized carbons (Fsp3) is 0.0769. The number of halogens is 1. The number of fused-ring (bicyclic) bond motifs is 1. The zero-order valence-corrected chi connectivity index (χ0v) is 10.4. The van der Waals surface area contributed by atoms with Crippen LogP contribution in [-0.2, 0) is 4.74 Å². The third kappa shape index (κ3) is 1.99. The van der Waals surface area contributed by atoms with Gasteiger partial charge >= 0.3 is 5.97 Å². The molecule has 2 heterocycles. The molecule has 0 saturated heterocycles. The molecule has 0 amide bonds. The predicted octanol–water partition coefficient (Wildman–Crippen LogP) is 1.72. The lowest BCUT2D eigenvalue weighted by molar-refractivity contribution is 0.0587. The van der Waals surface area contributed by atoms with Gasteiger partial charge in [0.15, 0.2) is 0 Å². The monoisotopic (exact) mass is 272 g/mol. The van der Waals surface area contributed by atoms with E-state index < -0.39 is 5.97 Å². The quantitative estimate of drug-likeness (QED) is 0.664. The summed E-state index contributed by atoms with van der Waals surface area (Å²) < 4.78 is 19.0. The van der Waals surface area contributed by atoms with Crippen LogP contribution in [0.15, 0.2) is 36.5 Å². The maximum atomic E-state index is 13.0. The van der Waals surface area contributed by atoms with E-state index in [0.29, 0.717) is 5.69 Å². The van der Waals surface area contributed by atoms with E-state index >= 15 is 0 Å². The van der Waals surface area contributed by atoms with Crippen LogP contribution in [0.3, 0.4) is 0 Å². The van der Waals surface area contributed by atoms with Gasteiger partial charge in [-0.05, 0) is 30.3 Å². The molecule has 0 unspecified atom stereocenters. The second-order valence-electron chi connectivity index (χ2n) is 3.98. The molecule has 3 rings (SSSR count). The first-order valence-corrected chi connectivity index (χ1v) is 5.75. The lowest BCUT2D eigenvalue weighted by Crippen LogP contribution is -2.04. The Balaban J connectivity index is 2.18. The average molecular weight is 272 g/mol. The lowest BCUT2D eigenvalue weighted by atomic mass is 10.1. The van der Waals surface area contributed by atoms with Crippen LogP contribution in [0.5, 0.6) is 0 Å². The molecule has 20 heavy (non-hydrogen) atoms. The van der Waals surface area contributed by atoms with Gasteiger partial charge in [0.05, 0.1) is 12.8 Å². The van der Waals surface area contributed by atoms with Gasteiger partial charge < -0.3 is 4.74 Å². The molecule has 7 heteroatoms. The van der Waals surface area contributed by atoms with Gasteiger partial charge in [0.1, 0.15) is 5.82 Å². The van der Waals surface area contributed by atoms with Crippen LogP contribution in [0.4, 0.5) is 4.39 Å². The van der Waals surface area contributed by atoms with E-state index in [1.165, 1.54) is 23.8 Å². The third-order valence-electron chi connectivity index (χ3n) is 2.75. The summed E-state index contributed by atoms with van der Waals surface area (Å²) in [6.07, 6.45) is 1.55. The van der Waals surface area contributed by atoms with Crippen molar-refractivity contribution >= 4 is 11.7 Å². The predicted molar refractivity (Wildman–Crippen MR) is 67.5 cm³/mol. The molecule has 0 aliphatic carbocycles. The summed E-state index contributed by atoms with van der Waals surface area (Å²) in [5.74, 6) is -0.768. The Hall–Kier alpha value is -2.83. The first-order valence-electron chi connectivity index (χ1n) is 5.75. The number of ether oxygens (including phenoxy) is 1. The van der Waals surface area contributed by atoms with Gasteiger partial charge in [0.2, 0.25) is 0 Å². The summed E-state index contributed by atoms with van der Waals surface area (Å²) in [5, 5.41) is 4.06. The first-order chi connectivity index (χ1) is 9.69. The summed E-state index contributed by atoms with van der Waals surface area (Å²) in [6.45, 7) is 0. The summed E-state index contributed by atoms with van der Waals surface area (Å²) in [5.41, 5.74) is 1.39. The van der Waals surface area contributed by atoms with Gasteiger partial charge in [-0.25, -0.2) is 14.2 Å². The van der Waals surface area contributed by atoms with Gasteiger partial charge in [0.25, 0.3) is 11.6 Å². The van der Waals surface area contributed by atoms with Gasteiger partial charge in [0, 0.05) is 11.8 Å². The van der Waals surface area contributed by atoms with Gasteiger partial charge in [-0.15, -0.1) is 5.10 Å². The van der Waals surface area contributed by atoms with E-state index in [1.54, 1.807) is 24.4 Å². The summed E-state index contributed by atoms with van der Waals surface area (Å²) in [6, 6.07) is 7.63.